The first-order valence-corrected chi connectivity index (χ1v) is 12.5. The summed E-state index contributed by atoms with van der Waals surface area (Å²) in [6, 6.07) is 7.03. The minimum atomic E-state index is -0.928. The molecule has 7 nitrogen and oxygen atoms in total. The Morgan fingerprint density at radius 2 is 1.79 bits per heavy atom. The van der Waals surface area contributed by atoms with Gasteiger partial charge in [-0.1, -0.05) is 43.9 Å². The zero-order valence-corrected chi connectivity index (χ0v) is 19.0. The molecule has 1 aromatic rings. The SMILES string of the molecule is O=C(NCCO)C1=CC(N(C(=O)C2CC2)C2CCCCCC2)C(O)C2Oc3ccccc3C12. The first kappa shape index (κ1) is 22.4. The lowest BCUT2D eigenvalue weighted by Crippen LogP contribution is -2.58. The maximum atomic E-state index is 13.5. The van der Waals surface area contributed by atoms with Crippen molar-refractivity contribution in [3.05, 3.63) is 41.5 Å². The smallest absolute Gasteiger partial charge is 0.247 e. The molecule has 0 bridgehead atoms. The van der Waals surface area contributed by atoms with Crippen LogP contribution in [-0.2, 0) is 9.59 Å². The minimum Gasteiger partial charge on any atom is -0.486 e. The van der Waals surface area contributed by atoms with E-state index in [1.807, 2.05) is 35.2 Å². The second kappa shape index (κ2) is 9.47. The summed E-state index contributed by atoms with van der Waals surface area (Å²) in [5.41, 5.74) is 1.39. The van der Waals surface area contributed by atoms with Crippen molar-refractivity contribution in [2.45, 2.75) is 81.6 Å². The summed E-state index contributed by atoms with van der Waals surface area (Å²) in [4.78, 5) is 28.6. The van der Waals surface area contributed by atoms with Crippen LogP contribution in [0.1, 0.15) is 62.8 Å². The van der Waals surface area contributed by atoms with E-state index in [4.69, 9.17) is 4.74 Å². The highest BCUT2D eigenvalue weighted by Gasteiger charge is 2.52. The molecule has 7 heteroatoms. The Balaban J connectivity index is 1.54. The molecule has 0 saturated heterocycles. The van der Waals surface area contributed by atoms with Gasteiger partial charge in [0.1, 0.15) is 18.0 Å². The highest BCUT2D eigenvalue weighted by atomic mass is 16.5. The number of carbonyl (C=O) groups excluding carboxylic acids is 2. The minimum absolute atomic E-state index is 0.0277. The van der Waals surface area contributed by atoms with Crippen LogP contribution in [0.15, 0.2) is 35.9 Å². The number of hydrogen-bond donors (Lipinski definition) is 3. The Morgan fingerprint density at radius 1 is 1.06 bits per heavy atom. The topological polar surface area (TPSA) is 99.1 Å². The van der Waals surface area contributed by atoms with Crippen molar-refractivity contribution in [2.75, 3.05) is 13.2 Å². The predicted octanol–water partition coefficient (Wildman–Crippen LogP) is 2.27. The Bertz CT molecular complexity index is 919. The number of para-hydroxylation sites is 1. The molecule has 1 heterocycles. The fourth-order valence-electron chi connectivity index (χ4n) is 5.81. The zero-order valence-electron chi connectivity index (χ0n) is 19.0. The number of fused-ring (bicyclic) bond motifs is 3. The van der Waals surface area contributed by atoms with Gasteiger partial charge in [0.15, 0.2) is 0 Å². The van der Waals surface area contributed by atoms with Gasteiger partial charge in [0, 0.05) is 29.6 Å². The number of amides is 2. The number of hydrogen-bond acceptors (Lipinski definition) is 5. The molecule has 5 rings (SSSR count). The van der Waals surface area contributed by atoms with Crippen LogP contribution in [-0.4, -0.2) is 64.4 Å². The van der Waals surface area contributed by atoms with Crippen LogP contribution >= 0.6 is 0 Å². The summed E-state index contributed by atoms with van der Waals surface area (Å²) in [5.74, 6) is 0.114. The lowest BCUT2D eigenvalue weighted by molar-refractivity contribution is -0.142. The summed E-state index contributed by atoms with van der Waals surface area (Å²) in [5, 5.41) is 23.6. The van der Waals surface area contributed by atoms with E-state index in [-0.39, 0.29) is 36.9 Å². The maximum absolute atomic E-state index is 13.5. The molecule has 178 valence electrons. The normalized spacial score (nSPS) is 29.2. The summed E-state index contributed by atoms with van der Waals surface area (Å²) in [6.07, 6.45) is 8.38. The number of aliphatic hydroxyl groups excluding tert-OH is 2. The summed E-state index contributed by atoms with van der Waals surface area (Å²) >= 11 is 0. The molecule has 1 aliphatic heterocycles. The molecule has 0 aromatic heterocycles. The van der Waals surface area contributed by atoms with Crippen molar-refractivity contribution in [1.82, 2.24) is 10.2 Å². The number of nitrogens with zero attached hydrogens (tertiary/aromatic N) is 1. The molecule has 4 aliphatic rings. The van der Waals surface area contributed by atoms with Crippen molar-refractivity contribution < 1.29 is 24.5 Å². The standard InChI is InChI=1S/C26H34N2O5/c29-14-13-27-25(31)19-15-20(23(30)24-22(19)18-9-5-6-10-21(18)33-24)28(26(32)16-11-12-16)17-7-3-1-2-4-8-17/h5-6,9-10,15-17,20,22-24,29-30H,1-4,7-8,11-14H2,(H,27,31). The van der Waals surface area contributed by atoms with Gasteiger partial charge in [-0.3, -0.25) is 9.59 Å². The monoisotopic (exact) mass is 454 g/mol. The number of aliphatic hydroxyl groups is 2. The van der Waals surface area contributed by atoms with Crippen LogP contribution in [0.4, 0.5) is 0 Å². The van der Waals surface area contributed by atoms with Crippen LogP contribution in [0, 0.1) is 5.92 Å². The van der Waals surface area contributed by atoms with Gasteiger partial charge in [-0.15, -0.1) is 0 Å². The summed E-state index contributed by atoms with van der Waals surface area (Å²) < 4.78 is 6.20. The fourth-order valence-corrected chi connectivity index (χ4v) is 5.81. The van der Waals surface area contributed by atoms with E-state index in [1.165, 1.54) is 12.8 Å². The second-order valence-electron chi connectivity index (χ2n) is 9.85. The van der Waals surface area contributed by atoms with Gasteiger partial charge in [-0.05, 0) is 37.8 Å². The first-order valence-electron chi connectivity index (χ1n) is 12.5. The Kier molecular flexibility index (Phi) is 6.43. The molecule has 4 atom stereocenters. The van der Waals surface area contributed by atoms with Gasteiger partial charge in [0.05, 0.1) is 18.6 Å². The second-order valence-corrected chi connectivity index (χ2v) is 9.85. The van der Waals surface area contributed by atoms with E-state index >= 15 is 0 Å². The molecular weight excluding hydrogens is 420 g/mol. The third-order valence-corrected chi connectivity index (χ3v) is 7.60. The van der Waals surface area contributed by atoms with Gasteiger partial charge in [0.2, 0.25) is 11.8 Å². The Hall–Kier alpha value is -2.38. The number of rotatable bonds is 6. The zero-order chi connectivity index (χ0) is 22.9. The molecule has 0 spiro atoms. The van der Waals surface area contributed by atoms with Crippen molar-refractivity contribution in [1.29, 1.82) is 0 Å². The quantitative estimate of drug-likeness (QED) is 0.573. The van der Waals surface area contributed by atoms with Crippen LogP contribution in [0.5, 0.6) is 5.75 Å². The van der Waals surface area contributed by atoms with Gasteiger partial charge in [-0.25, -0.2) is 0 Å². The molecule has 2 fully saturated rings. The number of ether oxygens (including phenoxy) is 1. The molecule has 4 unspecified atom stereocenters. The van der Waals surface area contributed by atoms with Crippen LogP contribution in [0.2, 0.25) is 0 Å². The first-order chi connectivity index (χ1) is 16.1. The average Bonchev–Trinajstić information content (AvgIpc) is 3.64. The van der Waals surface area contributed by atoms with Crippen LogP contribution in [0.3, 0.4) is 0 Å². The Morgan fingerprint density at radius 3 is 2.48 bits per heavy atom. The average molecular weight is 455 g/mol. The molecule has 0 radical (unpaired) electrons. The van der Waals surface area contributed by atoms with Crippen LogP contribution < -0.4 is 10.1 Å². The van der Waals surface area contributed by atoms with Crippen molar-refractivity contribution in [2.24, 2.45) is 5.92 Å². The van der Waals surface area contributed by atoms with E-state index in [2.05, 4.69) is 5.32 Å². The van der Waals surface area contributed by atoms with Gasteiger partial charge in [-0.2, -0.15) is 0 Å². The summed E-state index contributed by atoms with van der Waals surface area (Å²) in [6.45, 7) is -0.00273. The molecule has 3 aliphatic carbocycles. The van der Waals surface area contributed by atoms with Gasteiger partial charge in [0.25, 0.3) is 0 Å². The van der Waals surface area contributed by atoms with Crippen LogP contribution in [0.25, 0.3) is 0 Å². The van der Waals surface area contributed by atoms with E-state index in [0.717, 1.165) is 44.1 Å². The van der Waals surface area contributed by atoms with Gasteiger partial charge < -0.3 is 25.2 Å². The number of benzene rings is 1. The molecule has 3 N–H and O–H groups in total. The lowest BCUT2D eigenvalue weighted by atomic mass is 9.77. The lowest BCUT2D eigenvalue weighted by Gasteiger charge is -2.44. The maximum Gasteiger partial charge on any atom is 0.247 e. The third kappa shape index (κ3) is 4.28. The van der Waals surface area contributed by atoms with E-state index in [0.29, 0.717) is 11.3 Å². The highest BCUT2D eigenvalue weighted by molar-refractivity contribution is 5.96. The van der Waals surface area contributed by atoms with Crippen molar-refractivity contribution in [3.8, 4) is 5.75 Å². The van der Waals surface area contributed by atoms with E-state index in [1.54, 1.807) is 0 Å². The molecule has 33 heavy (non-hydrogen) atoms. The molecule has 2 saturated carbocycles. The third-order valence-electron chi connectivity index (χ3n) is 7.60. The van der Waals surface area contributed by atoms with Gasteiger partial charge >= 0.3 is 0 Å². The van der Waals surface area contributed by atoms with E-state index in [9.17, 15) is 19.8 Å². The molecule has 2 amide bonds. The molecular formula is C26H34N2O5. The Labute approximate surface area is 194 Å². The summed E-state index contributed by atoms with van der Waals surface area (Å²) in [7, 11) is 0. The number of nitrogens with one attached hydrogen (secondary N) is 1. The van der Waals surface area contributed by atoms with Crippen molar-refractivity contribution in [3.63, 3.8) is 0 Å². The predicted molar refractivity (Wildman–Crippen MR) is 123 cm³/mol. The fraction of sp³-hybridized carbons (Fsp3) is 0.615. The molecule has 1 aromatic carbocycles. The number of carbonyl (C=O) groups is 2. The highest BCUT2D eigenvalue weighted by Crippen LogP contribution is 2.48. The largest absolute Gasteiger partial charge is 0.486 e. The van der Waals surface area contributed by atoms with Crippen molar-refractivity contribution >= 4 is 11.8 Å². The van der Waals surface area contributed by atoms with E-state index < -0.39 is 24.2 Å².